The number of carbonyl (C=O) groups excluding carboxylic acids is 2. The number of carbonyl (C=O) groups is 2. The molecule has 0 spiro atoms. The Kier molecular flexibility index (Phi) is 4.89. The number of amides is 2. The summed E-state index contributed by atoms with van der Waals surface area (Å²) in [6.07, 6.45) is 1.84. The second-order valence-electron chi connectivity index (χ2n) is 6.86. The van der Waals surface area contributed by atoms with Crippen molar-refractivity contribution in [3.05, 3.63) is 70.3 Å². The maximum absolute atomic E-state index is 13.3. The zero-order valence-corrected chi connectivity index (χ0v) is 15.9. The number of hydrogen-bond acceptors (Lipinski definition) is 3. The van der Waals surface area contributed by atoms with Crippen LogP contribution in [0.4, 0.5) is 5.69 Å². The molecule has 0 aromatic heterocycles. The van der Waals surface area contributed by atoms with E-state index in [9.17, 15) is 14.9 Å². The van der Waals surface area contributed by atoms with Crippen molar-refractivity contribution in [2.24, 2.45) is 0 Å². The standard InChI is InChI=1S/C22H18ClN3O2/c23-18-9-3-1-7-15(18)14-26-19-10-4-2-8-16(19)20(22(26)28)17(13-24)21(27)25-11-5-6-12-25/h1-4,7-10H,5-6,11-12,14H2. The van der Waals surface area contributed by atoms with E-state index in [4.69, 9.17) is 11.6 Å². The molecule has 2 aliphatic rings. The molecule has 28 heavy (non-hydrogen) atoms. The van der Waals surface area contributed by atoms with Gasteiger partial charge in [0.1, 0.15) is 11.6 Å². The van der Waals surface area contributed by atoms with Crippen LogP contribution in [0.3, 0.4) is 0 Å². The third kappa shape index (κ3) is 3.06. The molecule has 1 fully saturated rings. The lowest BCUT2D eigenvalue weighted by molar-refractivity contribution is -0.125. The Morgan fingerprint density at radius 3 is 2.46 bits per heavy atom. The molecule has 0 saturated carbocycles. The molecule has 2 aromatic carbocycles. The number of likely N-dealkylation sites (tertiary alicyclic amines) is 1. The summed E-state index contributed by atoms with van der Waals surface area (Å²) in [4.78, 5) is 29.4. The van der Waals surface area contributed by atoms with E-state index in [1.54, 1.807) is 28.0 Å². The number of rotatable bonds is 3. The van der Waals surface area contributed by atoms with Crippen molar-refractivity contribution >= 4 is 34.7 Å². The number of benzene rings is 2. The predicted octanol–water partition coefficient (Wildman–Crippen LogP) is 3.79. The maximum Gasteiger partial charge on any atom is 0.265 e. The Labute approximate surface area is 168 Å². The Morgan fingerprint density at radius 2 is 1.75 bits per heavy atom. The summed E-state index contributed by atoms with van der Waals surface area (Å²) in [5.41, 5.74) is 2.20. The van der Waals surface area contributed by atoms with Gasteiger partial charge in [-0.1, -0.05) is 48.0 Å². The number of nitrogens with zero attached hydrogens (tertiary/aromatic N) is 3. The van der Waals surface area contributed by atoms with E-state index in [0.29, 0.717) is 29.4 Å². The number of para-hydroxylation sites is 1. The molecular formula is C22H18ClN3O2. The van der Waals surface area contributed by atoms with Crippen LogP contribution >= 0.6 is 11.6 Å². The Balaban J connectivity index is 1.79. The molecule has 0 aliphatic carbocycles. The highest BCUT2D eigenvalue weighted by atomic mass is 35.5. The molecule has 0 bridgehead atoms. The molecule has 6 heteroatoms. The molecule has 2 heterocycles. The molecule has 0 unspecified atom stereocenters. The molecule has 1 saturated heterocycles. The van der Waals surface area contributed by atoms with Crippen molar-refractivity contribution in [3.8, 4) is 6.07 Å². The first-order chi connectivity index (χ1) is 13.6. The Bertz CT molecular complexity index is 1030. The minimum Gasteiger partial charge on any atom is -0.338 e. The highest BCUT2D eigenvalue weighted by Crippen LogP contribution is 2.40. The molecule has 140 valence electrons. The number of nitriles is 1. The fourth-order valence-corrected chi connectivity index (χ4v) is 3.96. The van der Waals surface area contributed by atoms with E-state index in [-0.39, 0.29) is 29.5 Å². The van der Waals surface area contributed by atoms with Gasteiger partial charge in [0, 0.05) is 23.7 Å². The minimum atomic E-state index is -0.363. The normalized spacial score (nSPS) is 17.5. The van der Waals surface area contributed by atoms with Crippen molar-refractivity contribution in [3.63, 3.8) is 0 Å². The van der Waals surface area contributed by atoms with E-state index in [1.807, 2.05) is 36.4 Å². The quantitative estimate of drug-likeness (QED) is 0.590. The van der Waals surface area contributed by atoms with Gasteiger partial charge in [0.2, 0.25) is 0 Å². The molecule has 2 aliphatic heterocycles. The topological polar surface area (TPSA) is 64.4 Å². The first-order valence-corrected chi connectivity index (χ1v) is 9.58. The van der Waals surface area contributed by atoms with Gasteiger partial charge in [-0.3, -0.25) is 9.59 Å². The number of halogens is 1. The van der Waals surface area contributed by atoms with Crippen LogP contribution in [0.2, 0.25) is 5.02 Å². The van der Waals surface area contributed by atoms with E-state index in [2.05, 4.69) is 0 Å². The summed E-state index contributed by atoms with van der Waals surface area (Å²) < 4.78 is 0. The van der Waals surface area contributed by atoms with Crippen LogP contribution in [0.25, 0.3) is 5.57 Å². The van der Waals surface area contributed by atoms with Gasteiger partial charge in [-0.2, -0.15) is 5.26 Å². The van der Waals surface area contributed by atoms with Gasteiger partial charge in [-0.25, -0.2) is 0 Å². The fourth-order valence-electron chi connectivity index (χ4n) is 3.76. The van der Waals surface area contributed by atoms with Crippen molar-refractivity contribution < 1.29 is 9.59 Å². The van der Waals surface area contributed by atoms with Gasteiger partial charge in [0.25, 0.3) is 11.8 Å². The van der Waals surface area contributed by atoms with Crippen LogP contribution in [0.15, 0.2) is 54.1 Å². The largest absolute Gasteiger partial charge is 0.338 e. The molecular weight excluding hydrogens is 374 g/mol. The van der Waals surface area contributed by atoms with E-state index in [0.717, 1.165) is 18.4 Å². The number of fused-ring (bicyclic) bond motifs is 1. The molecule has 2 aromatic rings. The molecule has 0 N–H and O–H groups in total. The lowest BCUT2D eigenvalue weighted by Crippen LogP contribution is -2.31. The van der Waals surface area contributed by atoms with E-state index < -0.39 is 0 Å². The second kappa shape index (κ2) is 7.49. The Hall–Kier alpha value is -3.10. The van der Waals surface area contributed by atoms with Crippen LogP contribution < -0.4 is 4.90 Å². The summed E-state index contributed by atoms with van der Waals surface area (Å²) >= 11 is 6.28. The molecule has 0 atom stereocenters. The van der Waals surface area contributed by atoms with Crippen LogP contribution in [0, 0.1) is 11.3 Å². The minimum absolute atomic E-state index is 0.0824. The summed E-state index contributed by atoms with van der Waals surface area (Å²) in [7, 11) is 0. The zero-order chi connectivity index (χ0) is 19.7. The average molecular weight is 392 g/mol. The first kappa shape index (κ1) is 18.3. The van der Waals surface area contributed by atoms with Gasteiger partial charge >= 0.3 is 0 Å². The third-order valence-electron chi connectivity index (χ3n) is 5.18. The summed E-state index contributed by atoms with van der Waals surface area (Å²) in [6.45, 7) is 1.52. The SMILES string of the molecule is N#CC(C(=O)N1CCCC1)=C1C(=O)N(Cc2ccccc2Cl)c2ccccc21. The molecule has 0 radical (unpaired) electrons. The van der Waals surface area contributed by atoms with Crippen LogP contribution in [-0.2, 0) is 16.1 Å². The van der Waals surface area contributed by atoms with Crippen LogP contribution in [0.5, 0.6) is 0 Å². The fraction of sp³-hybridized carbons (Fsp3) is 0.227. The molecule has 2 amide bonds. The monoisotopic (exact) mass is 391 g/mol. The first-order valence-electron chi connectivity index (χ1n) is 9.20. The highest BCUT2D eigenvalue weighted by molar-refractivity contribution is 6.37. The van der Waals surface area contributed by atoms with Crippen molar-refractivity contribution in [1.29, 1.82) is 5.26 Å². The van der Waals surface area contributed by atoms with Crippen LogP contribution in [0.1, 0.15) is 24.0 Å². The summed E-state index contributed by atoms with van der Waals surface area (Å²) in [5.74, 6) is -0.706. The van der Waals surface area contributed by atoms with Gasteiger partial charge in [-0.05, 0) is 30.5 Å². The Morgan fingerprint density at radius 1 is 1.07 bits per heavy atom. The lowest BCUT2D eigenvalue weighted by Gasteiger charge is -2.18. The number of hydrogen-bond donors (Lipinski definition) is 0. The molecule has 4 rings (SSSR count). The predicted molar refractivity (Wildman–Crippen MR) is 107 cm³/mol. The smallest absolute Gasteiger partial charge is 0.265 e. The number of anilines is 1. The van der Waals surface area contributed by atoms with Crippen LogP contribution in [-0.4, -0.2) is 29.8 Å². The highest BCUT2D eigenvalue weighted by Gasteiger charge is 2.37. The van der Waals surface area contributed by atoms with Crippen molar-refractivity contribution in [2.75, 3.05) is 18.0 Å². The van der Waals surface area contributed by atoms with Gasteiger partial charge in [0.15, 0.2) is 0 Å². The molecule has 5 nitrogen and oxygen atoms in total. The second-order valence-corrected chi connectivity index (χ2v) is 7.27. The third-order valence-corrected chi connectivity index (χ3v) is 5.55. The van der Waals surface area contributed by atoms with Gasteiger partial charge < -0.3 is 9.80 Å². The zero-order valence-electron chi connectivity index (χ0n) is 15.2. The summed E-state index contributed by atoms with van der Waals surface area (Å²) in [5, 5.41) is 10.3. The van der Waals surface area contributed by atoms with Gasteiger partial charge in [-0.15, -0.1) is 0 Å². The van der Waals surface area contributed by atoms with E-state index in [1.165, 1.54) is 0 Å². The van der Waals surface area contributed by atoms with E-state index >= 15 is 0 Å². The van der Waals surface area contributed by atoms with Gasteiger partial charge in [0.05, 0.1) is 17.8 Å². The van der Waals surface area contributed by atoms with Crippen molar-refractivity contribution in [2.45, 2.75) is 19.4 Å². The average Bonchev–Trinajstić information content (AvgIpc) is 3.33. The summed E-state index contributed by atoms with van der Waals surface area (Å²) in [6, 6.07) is 16.6. The maximum atomic E-state index is 13.3. The van der Waals surface area contributed by atoms with Crippen molar-refractivity contribution in [1.82, 2.24) is 4.90 Å². The lowest BCUT2D eigenvalue weighted by atomic mass is 10.0.